The number of ether oxygens (including phenoxy) is 1. The van der Waals surface area contributed by atoms with E-state index in [1.165, 1.54) is 0 Å². The van der Waals surface area contributed by atoms with Crippen molar-refractivity contribution in [1.29, 1.82) is 0 Å². The maximum Gasteiger partial charge on any atom is 0.252 e. The number of carbonyl (C=O) groups is 1. The Bertz CT molecular complexity index is 596. The van der Waals surface area contributed by atoms with Gasteiger partial charge in [-0.3, -0.25) is 4.79 Å². The summed E-state index contributed by atoms with van der Waals surface area (Å²) in [6.07, 6.45) is 0. The molecule has 0 saturated heterocycles. The summed E-state index contributed by atoms with van der Waals surface area (Å²) in [6, 6.07) is 8.39. The van der Waals surface area contributed by atoms with Crippen molar-refractivity contribution in [1.82, 2.24) is 9.97 Å². The summed E-state index contributed by atoms with van der Waals surface area (Å²) in [4.78, 5) is 19.5. The molecule has 0 aliphatic rings. The smallest absolute Gasteiger partial charge is 0.252 e. The number of hydrogen-bond donors (Lipinski definition) is 1. The van der Waals surface area contributed by atoms with Gasteiger partial charge in [-0.25, -0.2) is 9.97 Å². The van der Waals surface area contributed by atoms with E-state index in [9.17, 15) is 4.79 Å². The fraction of sp³-hybridized carbons (Fsp3) is 0.154. The SMILES string of the molecule is Cc1cc(Cl)nc(COc2ccccc2C(N)=O)n1. The number of nitrogens with two attached hydrogens (primary N) is 1. The number of primary amides is 1. The molecule has 1 heterocycles. The van der Waals surface area contributed by atoms with Crippen molar-refractivity contribution in [3.63, 3.8) is 0 Å². The van der Waals surface area contributed by atoms with Crippen LogP contribution in [0.3, 0.4) is 0 Å². The Balaban J connectivity index is 2.16. The third-order valence-electron chi connectivity index (χ3n) is 2.38. The lowest BCUT2D eigenvalue weighted by Gasteiger charge is -2.09. The summed E-state index contributed by atoms with van der Waals surface area (Å²) in [5.41, 5.74) is 6.33. The van der Waals surface area contributed by atoms with E-state index in [0.717, 1.165) is 5.69 Å². The maximum absolute atomic E-state index is 11.2. The summed E-state index contributed by atoms with van der Waals surface area (Å²) in [5.74, 6) is 0.305. The highest BCUT2D eigenvalue weighted by atomic mass is 35.5. The number of nitrogens with zero attached hydrogens (tertiary/aromatic N) is 2. The number of aryl methyl sites for hydroxylation is 1. The van der Waals surface area contributed by atoms with Crippen LogP contribution < -0.4 is 10.5 Å². The Morgan fingerprint density at radius 2 is 2.11 bits per heavy atom. The lowest BCUT2D eigenvalue weighted by atomic mass is 10.2. The number of halogens is 1. The van der Waals surface area contributed by atoms with E-state index in [4.69, 9.17) is 22.1 Å². The Hall–Kier alpha value is -2.14. The third-order valence-corrected chi connectivity index (χ3v) is 2.57. The van der Waals surface area contributed by atoms with Gasteiger partial charge in [0.2, 0.25) is 0 Å². The molecule has 1 aromatic heterocycles. The van der Waals surface area contributed by atoms with Gasteiger partial charge in [0.25, 0.3) is 5.91 Å². The van der Waals surface area contributed by atoms with Crippen LogP contribution in [0.2, 0.25) is 5.15 Å². The lowest BCUT2D eigenvalue weighted by molar-refractivity contribution is 0.0995. The fourth-order valence-electron chi connectivity index (χ4n) is 1.59. The molecule has 0 atom stereocenters. The monoisotopic (exact) mass is 277 g/mol. The van der Waals surface area contributed by atoms with Gasteiger partial charge in [-0.2, -0.15) is 0 Å². The van der Waals surface area contributed by atoms with Crippen LogP contribution >= 0.6 is 11.6 Å². The highest BCUT2D eigenvalue weighted by Crippen LogP contribution is 2.18. The highest BCUT2D eigenvalue weighted by molar-refractivity contribution is 6.29. The number of carbonyl (C=O) groups excluding carboxylic acids is 1. The largest absolute Gasteiger partial charge is 0.485 e. The summed E-state index contributed by atoms with van der Waals surface area (Å²) in [6.45, 7) is 1.93. The van der Waals surface area contributed by atoms with Gasteiger partial charge in [-0.05, 0) is 25.1 Å². The van der Waals surface area contributed by atoms with Crippen molar-refractivity contribution >= 4 is 17.5 Å². The molecule has 1 amide bonds. The number of para-hydroxylation sites is 1. The standard InChI is InChI=1S/C13H12ClN3O2/c1-8-6-11(14)17-12(16-8)7-19-10-5-3-2-4-9(10)13(15)18/h2-6H,7H2,1H3,(H2,15,18). The third kappa shape index (κ3) is 3.42. The molecule has 0 unspecified atom stereocenters. The lowest BCUT2D eigenvalue weighted by Crippen LogP contribution is -2.13. The summed E-state index contributed by atoms with van der Waals surface area (Å²) < 4.78 is 5.51. The predicted octanol–water partition coefficient (Wildman–Crippen LogP) is 2.12. The number of aromatic nitrogens is 2. The van der Waals surface area contributed by atoms with Crippen molar-refractivity contribution in [3.05, 3.63) is 52.6 Å². The van der Waals surface area contributed by atoms with Crippen LogP contribution in [0.4, 0.5) is 0 Å². The summed E-state index contributed by atoms with van der Waals surface area (Å²) >= 11 is 5.83. The van der Waals surface area contributed by atoms with Crippen LogP contribution in [0.5, 0.6) is 5.75 Å². The van der Waals surface area contributed by atoms with Gasteiger partial charge >= 0.3 is 0 Å². The van der Waals surface area contributed by atoms with Crippen molar-refractivity contribution in [3.8, 4) is 5.75 Å². The fourth-order valence-corrected chi connectivity index (χ4v) is 1.85. The van der Waals surface area contributed by atoms with Crippen LogP contribution in [-0.4, -0.2) is 15.9 Å². The average molecular weight is 278 g/mol. The van der Waals surface area contributed by atoms with Gasteiger partial charge in [0.1, 0.15) is 17.5 Å². The Morgan fingerprint density at radius 1 is 1.37 bits per heavy atom. The maximum atomic E-state index is 11.2. The van der Waals surface area contributed by atoms with Gasteiger partial charge in [0, 0.05) is 5.69 Å². The van der Waals surface area contributed by atoms with Crippen molar-refractivity contribution in [2.45, 2.75) is 13.5 Å². The number of rotatable bonds is 4. The van der Waals surface area contributed by atoms with Gasteiger partial charge < -0.3 is 10.5 Å². The van der Waals surface area contributed by atoms with E-state index in [-0.39, 0.29) is 6.61 Å². The van der Waals surface area contributed by atoms with Crippen LogP contribution in [-0.2, 0) is 6.61 Å². The zero-order valence-electron chi connectivity index (χ0n) is 10.3. The Labute approximate surface area is 115 Å². The van der Waals surface area contributed by atoms with Gasteiger partial charge in [-0.15, -0.1) is 0 Å². The number of benzene rings is 1. The predicted molar refractivity (Wildman–Crippen MR) is 71.1 cm³/mol. The second-order valence-electron chi connectivity index (χ2n) is 3.90. The topological polar surface area (TPSA) is 78.1 Å². The molecule has 2 N–H and O–H groups in total. The summed E-state index contributed by atoms with van der Waals surface area (Å²) in [7, 11) is 0. The molecule has 0 spiro atoms. The molecule has 0 aliphatic carbocycles. The molecule has 19 heavy (non-hydrogen) atoms. The normalized spacial score (nSPS) is 10.2. The van der Waals surface area contributed by atoms with Crippen LogP contribution in [0.25, 0.3) is 0 Å². The van der Waals surface area contributed by atoms with Crippen LogP contribution in [0.1, 0.15) is 21.9 Å². The van der Waals surface area contributed by atoms with E-state index in [1.54, 1.807) is 30.3 Å². The first-order valence-electron chi connectivity index (χ1n) is 5.58. The second kappa shape index (κ2) is 5.67. The molecule has 0 fully saturated rings. The number of amides is 1. The molecular formula is C13H12ClN3O2. The van der Waals surface area contributed by atoms with E-state index in [2.05, 4.69) is 9.97 Å². The van der Waals surface area contributed by atoms with E-state index in [0.29, 0.717) is 22.3 Å². The molecular weight excluding hydrogens is 266 g/mol. The minimum absolute atomic E-state index is 0.117. The first-order valence-corrected chi connectivity index (χ1v) is 5.96. The molecule has 5 nitrogen and oxygen atoms in total. The first kappa shape index (κ1) is 13.3. The number of hydrogen-bond acceptors (Lipinski definition) is 4. The molecule has 0 saturated carbocycles. The Kier molecular flexibility index (Phi) is 3.97. The molecule has 0 bridgehead atoms. The molecule has 1 aromatic carbocycles. The quantitative estimate of drug-likeness (QED) is 0.868. The molecule has 98 valence electrons. The molecule has 0 aliphatic heterocycles. The van der Waals surface area contributed by atoms with Crippen molar-refractivity contribution in [2.75, 3.05) is 0 Å². The van der Waals surface area contributed by atoms with E-state index in [1.807, 2.05) is 6.92 Å². The van der Waals surface area contributed by atoms with Gasteiger partial charge in [0.05, 0.1) is 5.56 Å². The first-order chi connectivity index (χ1) is 9.06. The highest BCUT2D eigenvalue weighted by Gasteiger charge is 2.09. The minimum atomic E-state index is -0.543. The van der Waals surface area contributed by atoms with Crippen LogP contribution in [0.15, 0.2) is 30.3 Å². The summed E-state index contributed by atoms with van der Waals surface area (Å²) in [5, 5.41) is 0.356. The van der Waals surface area contributed by atoms with Crippen LogP contribution in [0, 0.1) is 6.92 Å². The molecule has 2 rings (SSSR count). The second-order valence-corrected chi connectivity index (χ2v) is 4.28. The zero-order valence-corrected chi connectivity index (χ0v) is 11.0. The Morgan fingerprint density at radius 3 is 2.79 bits per heavy atom. The van der Waals surface area contributed by atoms with E-state index >= 15 is 0 Å². The zero-order chi connectivity index (χ0) is 13.8. The van der Waals surface area contributed by atoms with Crippen molar-refractivity contribution < 1.29 is 9.53 Å². The average Bonchev–Trinajstić information content (AvgIpc) is 2.35. The molecule has 6 heteroatoms. The molecule has 0 radical (unpaired) electrons. The van der Waals surface area contributed by atoms with E-state index < -0.39 is 5.91 Å². The van der Waals surface area contributed by atoms with Gasteiger partial charge in [0.15, 0.2) is 5.82 Å². The molecule has 2 aromatic rings. The van der Waals surface area contributed by atoms with Gasteiger partial charge in [-0.1, -0.05) is 23.7 Å². The minimum Gasteiger partial charge on any atom is -0.485 e. The van der Waals surface area contributed by atoms with Crippen molar-refractivity contribution in [2.24, 2.45) is 5.73 Å².